The predicted molar refractivity (Wildman–Crippen MR) is 43.4 cm³/mol. The van der Waals surface area contributed by atoms with Gasteiger partial charge in [0.15, 0.2) is 0 Å². The van der Waals surface area contributed by atoms with Crippen molar-refractivity contribution in [1.29, 1.82) is 0 Å². The first-order chi connectivity index (χ1) is 0. The van der Waals surface area contributed by atoms with E-state index in [2.05, 4.69) is 0 Å². The van der Waals surface area contributed by atoms with Crippen LogP contribution in [0.4, 0.5) is 0 Å². The first-order valence-electron chi connectivity index (χ1n) is 0. The van der Waals surface area contributed by atoms with Gasteiger partial charge in [0.25, 0.3) is 0 Å². The van der Waals surface area contributed by atoms with Gasteiger partial charge in [0, 0.05) is 16.5 Å². The summed E-state index contributed by atoms with van der Waals surface area (Å²) in [6.45, 7) is 0. The van der Waals surface area contributed by atoms with E-state index in [9.17, 15) is 0 Å². The molecular weight excluding hydrogens is 261 g/mol. The zero-order valence-corrected chi connectivity index (χ0v) is 7.98. The van der Waals surface area contributed by atoms with Gasteiger partial charge in [0.2, 0.25) is 0 Å². The Bertz CT molecular complexity index is 13.0. The Hall–Kier alpha value is 1.12. The van der Waals surface area contributed by atoms with Gasteiger partial charge >= 0.3 is 0 Å². The van der Waals surface area contributed by atoms with Gasteiger partial charge in [-0.05, 0) is 0 Å². The van der Waals surface area contributed by atoms with E-state index in [1.54, 1.807) is 0 Å². The van der Waals surface area contributed by atoms with Gasteiger partial charge in [-0.15, -0.1) is 37.2 Å². The van der Waals surface area contributed by atoms with E-state index in [1.165, 1.54) is 0 Å². The quantitative estimate of drug-likeness (QED) is 0.394. The molecule has 0 spiro atoms. The second-order valence-corrected chi connectivity index (χ2v) is 0. The summed E-state index contributed by atoms with van der Waals surface area (Å²) in [6, 6.07) is 0. The Morgan fingerprint density at radius 1 is 0.300 bits per heavy atom. The van der Waals surface area contributed by atoms with Crippen molar-refractivity contribution in [2.24, 2.45) is 0 Å². The fraction of sp³-hybridized carbons (Fsp3) is 0. The van der Waals surface area contributed by atoms with Crippen LogP contribution in [0.3, 0.4) is 0 Å². The largest absolute Gasteiger partial charge is 0.412 e. The van der Waals surface area contributed by atoms with E-state index in [0.29, 0.717) is 0 Å². The summed E-state index contributed by atoms with van der Waals surface area (Å²) in [4.78, 5) is 0. The van der Waals surface area contributed by atoms with Gasteiger partial charge < -0.3 is 32.9 Å². The molecule has 82 valence electrons. The van der Waals surface area contributed by atoms with Gasteiger partial charge in [0.05, 0.1) is 0 Å². The molecule has 0 aliphatic heterocycles. The summed E-state index contributed by atoms with van der Waals surface area (Å²) in [7, 11) is 0. The molecule has 0 saturated carbocycles. The van der Waals surface area contributed by atoms with Gasteiger partial charge in [-0.2, -0.15) is 0 Å². The van der Waals surface area contributed by atoms with Crippen LogP contribution in [0.15, 0.2) is 0 Å². The molecule has 0 aromatic heterocycles. The molecule has 0 atom stereocenters. The van der Waals surface area contributed by atoms with Gasteiger partial charge in [-0.3, -0.25) is 0 Å². The standard InChI is InChI=1S/3ClH.Ni.6H2O/h3*1H;;6*1H2. The number of rotatable bonds is 0. The summed E-state index contributed by atoms with van der Waals surface area (Å²) in [5.74, 6) is 0. The molecule has 10 heavy (non-hydrogen) atoms. The average Bonchev–Trinajstić information content (AvgIpc) is 0. The SMILES string of the molecule is Cl.Cl.Cl.O.O.O.O.O.O.[Ni]. The Morgan fingerprint density at radius 2 is 0.300 bits per heavy atom. The fourth-order valence-electron chi connectivity index (χ4n) is 0. The van der Waals surface area contributed by atoms with Crippen LogP contribution < -0.4 is 0 Å². The number of hydrogen-bond acceptors (Lipinski definition) is 0. The van der Waals surface area contributed by atoms with Gasteiger partial charge in [-0.25, -0.2) is 0 Å². The molecule has 0 heterocycles. The molecule has 0 unspecified atom stereocenters. The van der Waals surface area contributed by atoms with Crippen LogP contribution in [0.25, 0.3) is 0 Å². The molecule has 0 amide bonds. The predicted octanol–water partition coefficient (Wildman–Crippen LogP) is -3.69. The van der Waals surface area contributed by atoms with Crippen molar-refractivity contribution in [2.75, 3.05) is 0 Å². The molecule has 0 aromatic rings. The minimum atomic E-state index is 0. The second-order valence-electron chi connectivity index (χ2n) is 0. The Kier molecular flexibility index (Phi) is 60300. The Balaban J connectivity index is 0. The third-order valence-electron chi connectivity index (χ3n) is 0. The molecule has 0 aromatic carbocycles. The normalized spacial score (nSPS) is 0. The van der Waals surface area contributed by atoms with Crippen LogP contribution in [-0.2, 0) is 16.5 Å². The monoisotopic (exact) mass is 274 g/mol. The van der Waals surface area contributed by atoms with Crippen LogP contribution in [0.5, 0.6) is 0 Å². The van der Waals surface area contributed by atoms with Crippen molar-refractivity contribution in [3.63, 3.8) is 0 Å². The summed E-state index contributed by atoms with van der Waals surface area (Å²) < 4.78 is 0. The van der Waals surface area contributed by atoms with E-state index in [4.69, 9.17) is 0 Å². The third-order valence-corrected chi connectivity index (χ3v) is 0. The number of halogens is 3. The van der Waals surface area contributed by atoms with E-state index in [0.717, 1.165) is 0 Å². The van der Waals surface area contributed by atoms with Crippen LogP contribution in [-0.4, -0.2) is 32.9 Å². The number of hydrogen-bond donors (Lipinski definition) is 0. The molecular formula is H15Cl3NiO6. The fourth-order valence-corrected chi connectivity index (χ4v) is 0. The Labute approximate surface area is 86.8 Å². The van der Waals surface area contributed by atoms with Crippen molar-refractivity contribution in [1.82, 2.24) is 0 Å². The maximum Gasteiger partial charge on any atom is 0 e. The molecule has 6 nitrogen and oxygen atoms in total. The van der Waals surface area contributed by atoms with E-state index < -0.39 is 0 Å². The van der Waals surface area contributed by atoms with E-state index in [1.807, 2.05) is 0 Å². The molecule has 0 saturated heterocycles. The van der Waals surface area contributed by atoms with E-state index in [-0.39, 0.29) is 86.6 Å². The summed E-state index contributed by atoms with van der Waals surface area (Å²) in [6.07, 6.45) is 0. The maximum absolute atomic E-state index is 0. The molecule has 10 heteroatoms. The Morgan fingerprint density at radius 3 is 0.300 bits per heavy atom. The van der Waals surface area contributed by atoms with Gasteiger partial charge in [-0.1, -0.05) is 0 Å². The summed E-state index contributed by atoms with van der Waals surface area (Å²) in [5, 5.41) is 0. The molecule has 0 aliphatic rings. The van der Waals surface area contributed by atoms with Crippen LogP contribution >= 0.6 is 37.2 Å². The molecule has 0 aliphatic carbocycles. The third kappa shape index (κ3) is 477. The van der Waals surface area contributed by atoms with Crippen molar-refractivity contribution in [3.8, 4) is 0 Å². The molecule has 0 radical (unpaired) electrons. The minimum absolute atomic E-state index is 0. The molecule has 12 N–H and O–H groups in total. The zero-order chi connectivity index (χ0) is 0. The maximum atomic E-state index is 0. The zero-order valence-electron chi connectivity index (χ0n) is 4.54. The van der Waals surface area contributed by atoms with Gasteiger partial charge in [0.1, 0.15) is 0 Å². The average molecular weight is 276 g/mol. The smallest absolute Gasteiger partial charge is 0 e. The first-order valence-corrected chi connectivity index (χ1v) is 0. The van der Waals surface area contributed by atoms with E-state index >= 15 is 0 Å². The molecule has 0 fully saturated rings. The van der Waals surface area contributed by atoms with Crippen molar-refractivity contribution in [3.05, 3.63) is 0 Å². The topological polar surface area (TPSA) is 189 Å². The summed E-state index contributed by atoms with van der Waals surface area (Å²) >= 11 is 0. The first kappa shape index (κ1) is 903. The van der Waals surface area contributed by atoms with Crippen LogP contribution in [0.2, 0.25) is 0 Å². The second kappa shape index (κ2) is 668. The van der Waals surface area contributed by atoms with Crippen molar-refractivity contribution in [2.45, 2.75) is 0 Å². The molecule has 0 rings (SSSR count). The van der Waals surface area contributed by atoms with Crippen molar-refractivity contribution >= 4 is 37.2 Å². The molecule has 0 bridgehead atoms. The van der Waals surface area contributed by atoms with Crippen LogP contribution in [0, 0.1) is 0 Å². The van der Waals surface area contributed by atoms with Crippen LogP contribution in [0.1, 0.15) is 0 Å². The minimum Gasteiger partial charge on any atom is -0.412 e. The van der Waals surface area contributed by atoms with Crippen molar-refractivity contribution < 1.29 is 49.3 Å². The summed E-state index contributed by atoms with van der Waals surface area (Å²) in [5.41, 5.74) is 0.